The van der Waals surface area contributed by atoms with Crippen LogP contribution in [0.2, 0.25) is 0 Å². The van der Waals surface area contributed by atoms with Gasteiger partial charge in [-0.2, -0.15) is 0 Å². The maximum Gasteiger partial charge on any atom is 0.306 e. The lowest BCUT2D eigenvalue weighted by atomic mass is 10.0. The zero-order chi connectivity index (χ0) is 57.1. The van der Waals surface area contributed by atoms with Crippen LogP contribution in [0.1, 0.15) is 393 Å². The summed E-state index contributed by atoms with van der Waals surface area (Å²) in [5, 5.41) is 0. The predicted octanol–water partition coefficient (Wildman–Crippen LogP) is 24.3. The van der Waals surface area contributed by atoms with Crippen LogP contribution in [-0.4, -0.2) is 37.2 Å². The molecule has 0 radical (unpaired) electrons. The number of ether oxygens (including phenoxy) is 3. The average Bonchev–Trinajstić information content (AvgIpc) is 3.45. The Morgan fingerprint density at radius 1 is 0.253 bits per heavy atom. The van der Waals surface area contributed by atoms with Crippen molar-refractivity contribution in [2.75, 3.05) is 13.2 Å². The maximum absolute atomic E-state index is 13.0. The van der Waals surface area contributed by atoms with E-state index in [4.69, 9.17) is 14.2 Å². The summed E-state index contributed by atoms with van der Waals surface area (Å²) in [5.41, 5.74) is 0. The van der Waals surface area contributed by atoms with Gasteiger partial charge in [0.2, 0.25) is 0 Å². The van der Waals surface area contributed by atoms with Gasteiger partial charge in [0.25, 0.3) is 0 Å². The molecule has 0 aromatic heterocycles. The van der Waals surface area contributed by atoms with E-state index >= 15 is 0 Å². The Labute approximate surface area is 493 Å². The third kappa shape index (κ3) is 66.3. The standard InChI is InChI=1S/C73H136O6/c1-4-7-10-13-16-19-22-25-28-31-34-36-37-40-42-45-48-51-54-57-60-63-66-72(75)78-69-70(68-77-71(74)65-62-59-56-53-50-47-44-41-38-33-30-27-24-21-18-15-12-9-6-3)79-73(76)67-64-61-58-55-52-49-46-43-39-35-32-29-26-23-20-17-14-11-8-5-2/h18,21,27,30,38,41,70H,4-17,19-20,22-26,28-29,31-37,39-40,42-69H2,1-3H3/b21-18-,30-27-,41-38-. The van der Waals surface area contributed by atoms with Gasteiger partial charge in [-0.3, -0.25) is 14.4 Å². The molecule has 0 N–H and O–H groups in total. The van der Waals surface area contributed by atoms with Gasteiger partial charge in [0, 0.05) is 19.3 Å². The largest absolute Gasteiger partial charge is 0.462 e. The van der Waals surface area contributed by atoms with E-state index in [0.29, 0.717) is 19.3 Å². The van der Waals surface area contributed by atoms with Crippen LogP contribution in [-0.2, 0) is 28.6 Å². The van der Waals surface area contributed by atoms with Crippen molar-refractivity contribution in [3.8, 4) is 0 Å². The molecule has 0 aromatic carbocycles. The highest BCUT2D eigenvalue weighted by atomic mass is 16.6. The number of esters is 3. The van der Waals surface area contributed by atoms with Crippen LogP contribution in [0.4, 0.5) is 0 Å². The van der Waals surface area contributed by atoms with E-state index in [1.165, 1.54) is 276 Å². The molecule has 0 saturated carbocycles. The molecule has 0 spiro atoms. The summed E-state index contributed by atoms with van der Waals surface area (Å²) in [6, 6.07) is 0. The van der Waals surface area contributed by atoms with Gasteiger partial charge in [-0.15, -0.1) is 0 Å². The first-order chi connectivity index (χ1) is 39.0. The Morgan fingerprint density at radius 3 is 0.734 bits per heavy atom. The zero-order valence-electron chi connectivity index (χ0n) is 53.4. The fourth-order valence-electron chi connectivity index (χ4n) is 10.8. The molecule has 0 aliphatic carbocycles. The van der Waals surface area contributed by atoms with Gasteiger partial charge in [0.05, 0.1) is 0 Å². The molecule has 0 aromatic rings. The molecule has 0 bridgehead atoms. The molecule has 6 heteroatoms. The molecule has 0 fully saturated rings. The van der Waals surface area contributed by atoms with Gasteiger partial charge in [-0.1, -0.05) is 353 Å². The number of carbonyl (C=O) groups is 3. The smallest absolute Gasteiger partial charge is 0.306 e. The Bertz CT molecular complexity index is 1320. The van der Waals surface area contributed by atoms with Crippen molar-refractivity contribution >= 4 is 17.9 Å². The number of hydrogen-bond acceptors (Lipinski definition) is 6. The van der Waals surface area contributed by atoms with E-state index in [1.54, 1.807) is 0 Å². The zero-order valence-corrected chi connectivity index (χ0v) is 53.4. The van der Waals surface area contributed by atoms with Gasteiger partial charge < -0.3 is 14.2 Å². The van der Waals surface area contributed by atoms with Crippen molar-refractivity contribution in [1.29, 1.82) is 0 Å². The normalized spacial score (nSPS) is 12.2. The topological polar surface area (TPSA) is 78.9 Å². The molecular weight excluding hydrogens is 973 g/mol. The number of allylic oxidation sites excluding steroid dienone is 6. The summed E-state index contributed by atoms with van der Waals surface area (Å²) in [4.78, 5) is 38.5. The van der Waals surface area contributed by atoms with Crippen LogP contribution < -0.4 is 0 Å². The molecule has 0 aliphatic heterocycles. The lowest BCUT2D eigenvalue weighted by Gasteiger charge is -2.18. The molecule has 1 atom stereocenters. The SMILES string of the molecule is CCCCC/C=C\C/C=C\C/C=C\CCCCCCCCC(=O)OCC(COC(=O)CCCCCCCCCCCCCCCCCCCCCCCC)OC(=O)CCCCCCCCCCCCCCCCCCCCCC. The molecule has 6 nitrogen and oxygen atoms in total. The van der Waals surface area contributed by atoms with E-state index in [-0.39, 0.29) is 31.1 Å². The molecule has 0 saturated heterocycles. The minimum atomic E-state index is -0.776. The van der Waals surface area contributed by atoms with Crippen molar-refractivity contribution in [2.24, 2.45) is 0 Å². The molecule has 0 rings (SSSR count). The second kappa shape index (κ2) is 68.1. The first-order valence-electron chi connectivity index (χ1n) is 35.5. The first-order valence-corrected chi connectivity index (χ1v) is 35.5. The fourth-order valence-corrected chi connectivity index (χ4v) is 10.8. The van der Waals surface area contributed by atoms with Crippen LogP contribution in [0.3, 0.4) is 0 Å². The van der Waals surface area contributed by atoms with E-state index in [2.05, 4.69) is 57.2 Å². The molecular formula is C73H136O6. The third-order valence-electron chi connectivity index (χ3n) is 16.1. The lowest BCUT2D eigenvalue weighted by Crippen LogP contribution is -2.30. The molecule has 1 unspecified atom stereocenters. The van der Waals surface area contributed by atoms with Crippen LogP contribution in [0.25, 0.3) is 0 Å². The van der Waals surface area contributed by atoms with E-state index in [1.807, 2.05) is 0 Å². The fraction of sp³-hybridized carbons (Fsp3) is 0.877. The number of hydrogen-bond donors (Lipinski definition) is 0. The summed E-state index contributed by atoms with van der Waals surface area (Å²) in [5.74, 6) is -0.851. The van der Waals surface area contributed by atoms with Gasteiger partial charge in [0.1, 0.15) is 13.2 Å². The molecule has 464 valence electrons. The molecule has 79 heavy (non-hydrogen) atoms. The highest BCUT2D eigenvalue weighted by molar-refractivity contribution is 5.71. The second-order valence-electron chi connectivity index (χ2n) is 24.2. The summed E-state index contributed by atoms with van der Waals surface area (Å²) in [7, 11) is 0. The average molecular weight is 1110 g/mol. The van der Waals surface area contributed by atoms with Crippen LogP contribution in [0.5, 0.6) is 0 Å². The van der Waals surface area contributed by atoms with E-state index < -0.39 is 6.10 Å². The quantitative estimate of drug-likeness (QED) is 0.0261. The minimum Gasteiger partial charge on any atom is -0.462 e. The maximum atomic E-state index is 13.0. The third-order valence-corrected chi connectivity index (χ3v) is 16.1. The summed E-state index contributed by atoms with van der Waals surface area (Å²) >= 11 is 0. The van der Waals surface area contributed by atoms with E-state index in [0.717, 1.165) is 77.0 Å². The summed E-state index contributed by atoms with van der Waals surface area (Å²) in [6.45, 7) is 6.69. The Morgan fingerprint density at radius 2 is 0.456 bits per heavy atom. The van der Waals surface area contributed by atoms with Crippen LogP contribution in [0.15, 0.2) is 36.5 Å². The summed E-state index contributed by atoms with van der Waals surface area (Å²) in [6.07, 6.45) is 84.5. The molecule has 0 aliphatic rings. The summed E-state index contributed by atoms with van der Waals surface area (Å²) < 4.78 is 17.0. The monoisotopic (exact) mass is 1110 g/mol. The molecule has 0 heterocycles. The van der Waals surface area contributed by atoms with Crippen LogP contribution in [0, 0.1) is 0 Å². The van der Waals surface area contributed by atoms with Gasteiger partial charge >= 0.3 is 17.9 Å². The number of unbranched alkanes of at least 4 members (excludes halogenated alkanes) is 49. The first kappa shape index (κ1) is 76.6. The number of carbonyl (C=O) groups excluding carboxylic acids is 3. The van der Waals surface area contributed by atoms with Crippen molar-refractivity contribution < 1.29 is 28.6 Å². The minimum absolute atomic E-state index is 0.0703. The van der Waals surface area contributed by atoms with Crippen molar-refractivity contribution in [3.63, 3.8) is 0 Å². The molecule has 0 amide bonds. The van der Waals surface area contributed by atoms with Crippen molar-refractivity contribution in [3.05, 3.63) is 36.5 Å². The van der Waals surface area contributed by atoms with Gasteiger partial charge in [-0.05, 0) is 57.8 Å². The number of rotatable bonds is 66. The highest BCUT2D eigenvalue weighted by Gasteiger charge is 2.19. The Balaban J connectivity index is 4.32. The predicted molar refractivity (Wildman–Crippen MR) is 344 cm³/mol. The second-order valence-corrected chi connectivity index (χ2v) is 24.2. The Kier molecular flexibility index (Phi) is 66.1. The van der Waals surface area contributed by atoms with Gasteiger partial charge in [-0.25, -0.2) is 0 Å². The Hall–Kier alpha value is -2.37. The van der Waals surface area contributed by atoms with Crippen molar-refractivity contribution in [1.82, 2.24) is 0 Å². The van der Waals surface area contributed by atoms with E-state index in [9.17, 15) is 14.4 Å². The highest BCUT2D eigenvalue weighted by Crippen LogP contribution is 2.19. The van der Waals surface area contributed by atoms with Crippen LogP contribution >= 0.6 is 0 Å². The lowest BCUT2D eigenvalue weighted by molar-refractivity contribution is -0.167. The van der Waals surface area contributed by atoms with Gasteiger partial charge in [0.15, 0.2) is 6.10 Å². The van der Waals surface area contributed by atoms with Crippen molar-refractivity contribution in [2.45, 2.75) is 399 Å².